The van der Waals surface area contributed by atoms with Gasteiger partial charge in [0.15, 0.2) is 0 Å². The lowest BCUT2D eigenvalue weighted by molar-refractivity contribution is -0.141. The van der Waals surface area contributed by atoms with Gasteiger partial charge in [0.1, 0.15) is 11.4 Å². The third-order valence-electron chi connectivity index (χ3n) is 6.08. The van der Waals surface area contributed by atoms with Crippen LogP contribution in [-0.2, 0) is 6.18 Å². The standard InChI is InChI=1S/C28H22F3N5O2/c1-16-2-4-21(36-26(37)19-3-7-25(34-15-19)28(29,30)31)14-22(16)17-8-10-32-23(12-17)18-9-11-33-24(13-18)27(38)35-20-5-6-20/h2-4,7-15,20H,5-6H2,1H3,(H,35,38)(H,36,37). The van der Waals surface area contributed by atoms with Crippen LogP contribution in [0.1, 0.15) is 44.9 Å². The maximum Gasteiger partial charge on any atom is 0.433 e. The van der Waals surface area contributed by atoms with Crippen molar-refractivity contribution in [2.45, 2.75) is 32.0 Å². The number of nitrogens with one attached hydrogen (secondary N) is 2. The number of nitrogens with zero attached hydrogens (tertiary/aromatic N) is 3. The number of aryl methyl sites for hydroxylation is 1. The molecule has 1 fully saturated rings. The predicted molar refractivity (Wildman–Crippen MR) is 135 cm³/mol. The van der Waals surface area contributed by atoms with E-state index in [2.05, 4.69) is 25.6 Å². The summed E-state index contributed by atoms with van der Waals surface area (Å²) in [5.74, 6) is -0.793. The van der Waals surface area contributed by atoms with Crippen molar-refractivity contribution in [1.29, 1.82) is 0 Å². The van der Waals surface area contributed by atoms with E-state index in [9.17, 15) is 22.8 Å². The van der Waals surface area contributed by atoms with Crippen molar-refractivity contribution in [3.8, 4) is 22.4 Å². The lowest BCUT2D eigenvalue weighted by atomic mass is 9.98. The molecule has 192 valence electrons. The zero-order valence-corrected chi connectivity index (χ0v) is 20.2. The number of amides is 2. The summed E-state index contributed by atoms with van der Waals surface area (Å²) in [4.78, 5) is 37.0. The van der Waals surface area contributed by atoms with Crippen LogP contribution in [0.4, 0.5) is 18.9 Å². The van der Waals surface area contributed by atoms with E-state index in [1.165, 1.54) is 0 Å². The predicted octanol–water partition coefficient (Wildman–Crippen LogP) is 5.68. The molecule has 7 nitrogen and oxygen atoms in total. The van der Waals surface area contributed by atoms with Gasteiger partial charge in [-0.15, -0.1) is 0 Å². The maximum atomic E-state index is 12.8. The van der Waals surface area contributed by atoms with Gasteiger partial charge in [-0.3, -0.25) is 24.5 Å². The average Bonchev–Trinajstić information content (AvgIpc) is 3.73. The van der Waals surface area contributed by atoms with E-state index >= 15 is 0 Å². The molecule has 4 aromatic rings. The molecular weight excluding hydrogens is 495 g/mol. The zero-order valence-electron chi connectivity index (χ0n) is 20.2. The average molecular weight is 518 g/mol. The fraction of sp³-hybridized carbons (Fsp3) is 0.179. The van der Waals surface area contributed by atoms with E-state index in [4.69, 9.17) is 0 Å². The molecule has 1 saturated carbocycles. The van der Waals surface area contributed by atoms with Crippen LogP contribution >= 0.6 is 0 Å². The number of carbonyl (C=O) groups excluding carboxylic acids is 2. The second-order valence-corrected chi connectivity index (χ2v) is 9.02. The first-order valence-corrected chi connectivity index (χ1v) is 11.9. The van der Waals surface area contributed by atoms with Gasteiger partial charge in [0.05, 0.1) is 11.3 Å². The number of rotatable bonds is 6. The fourth-order valence-corrected chi connectivity index (χ4v) is 3.87. The molecule has 10 heteroatoms. The molecule has 1 aromatic carbocycles. The van der Waals surface area contributed by atoms with Gasteiger partial charge in [-0.05, 0) is 85.0 Å². The Morgan fingerprint density at radius 1 is 0.868 bits per heavy atom. The van der Waals surface area contributed by atoms with Crippen LogP contribution in [0.5, 0.6) is 0 Å². The zero-order chi connectivity index (χ0) is 26.9. The first-order valence-electron chi connectivity index (χ1n) is 11.9. The van der Waals surface area contributed by atoms with Gasteiger partial charge in [-0.1, -0.05) is 6.07 Å². The normalized spacial score (nSPS) is 13.2. The van der Waals surface area contributed by atoms with E-state index in [0.717, 1.165) is 53.4 Å². The fourth-order valence-electron chi connectivity index (χ4n) is 3.87. The molecule has 3 heterocycles. The quantitative estimate of drug-likeness (QED) is 0.343. The molecular formula is C28H22F3N5O2. The summed E-state index contributed by atoms with van der Waals surface area (Å²) in [6.07, 6.45) is 1.52. The molecule has 0 radical (unpaired) electrons. The van der Waals surface area contributed by atoms with E-state index < -0.39 is 17.8 Å². The number of aromatic nitrogens is 3. The van der Waals surface area contributed by atoms with Gasteiger partial charge in [0, 0.05) is 35.9 Å². The van der Waals surface area contributed by atoms with Gasteiger partial charge < -0.3 is 10.6 Å². The number of anilines is 1. The van der Waals surface area contributed by atoms with Crippen molar-refractivity contribution in [1.82, 2.24) is 20.3 Å². The molecule has 1 aliphatic rings. The molecule has 3 aromatic heterocycles. The molecule has 0 atom stereocenters. The van der Waals surface area contributed by atoms with Crippen molar-refractivity contribution in [2.75, 3.05) is 5.32 Å². The van der Waals surface area contributed by atoms with E-state index in [-0.39, 0.29) is 17.5 Å². The number of hydrogen-bond donors (Lipinski definition) is 2. The molecule has 1 aliphatic carbocycles. The first kappa shape index (κ1) is 25.1. The third kappa shape index (κ3) is 5.69. The first-order chi connectivity index (χ1) is 18.2. The summed E-state index contributed by atoms with van der Waals surface area (Å²) in [5, 5.41) is 5.64. The summed E-state index contributed by atoms with van der Waals surface area (Å²) < 4.78 is 38.3. The molecule has 0 spiro atoms. The molecule has 0 unspecified atom stereocenters. The van der Waals surface area contributed by atoms with Crippen LogP contribution in [0.2, 0.25) is 0 Å². The van der Waals surface area contributed by atoms with Gasteiger partial charge in [-0.25, -0.2) is 0 Å². The second kappa shape index (κ2) is 10.0. The summed E-state index contributed by atoms with van der Waals surface area (Å²) in [6, 6.07) is 14.6. The van der Waals surface area contributed by atoms with Crippen LogP contribution in [0.25, 0.3) is 22.4 Å². The van der Waals surface area contributed by atoms with Gasteiger partial charge in [0.2, 0.25) is 0 Å². The van der Waals surface area contributed by atoms with Crippen LogP contribution in [-0.4, -0.2) is 32.8 Å². The molecule has 2 N–H and O–H groups in total. The van der Waals surface area contributed by atoms with E-state index in [0.29, 0.717) is 17.1 Å². The Labute approximate surface area is 216 Å². The minimum atomic E-state index is -4.58. The van der Waals surface area contributed by atoms with Crippen LogP contribution in [0, 0.1) is 6.92 Å². The Kier molecular flexibility index (Phi) is 6.62. The number of carbonyl (C=O) groups is 2. The van der Waals surface area contributed by atoms with Crippen molar-refractivity contribution < 1.29 is 22.8 Å². The molecule has 0 bridgehead atoms. The number of alkyl halides is 3. The molecule has 2 amide bonds. The molecule has 38 heavy (non-hydrogen) atoms. The highest BCUT2D eigenvalue weighted by atomic mass is 19.4. The summed E-state index contributed by atoms with van der Waals surface area (Å²) >= 11 is 0. The lowest BCUT2D eigenvalue weighted by Gasteiger charge is -2.12. The molecule has 5 rings (SSSR count). The summed E-state index contributed by atoms with van der Waals surface area (Å²) in [6.45, 7) is 1.92. The largest absolute Gasteiger partial charge is 0.433 e. The number of hydrogen-bond acceptors (Lipinski definition) is 5. The smallest absolute Gasteiger partial charge is 0.348 e. The monoisotopic (exact) mass is 517 g/mol. The van der Waals surface area contributed by atoms with E-state index in [1.54, 1.807) is 36.7 Å². The Bertz CT molecular complexity index is 1520. The minimum Gasteiger partial charge on any atom is -0.348 e. The number of halogens is 3. The van der Waals surface area contributed by atoms with Crippen LogP contribution < -0.4 is 10.6 Å². The Morgan fingerprint density at radius 3 is 2.34 bits per heavy atom. The van der Waals surface area contributed by atoms with Crippen molar-refractivity contribution in [3.63, 3.8) is 0 Å². The minimum absolute atomic E-state index is 0.00513. The highest BCUT2D eigenvalue weighted by Crippen LogP contribution is 2.30. The van der Waals surface area contributed by atoms with Gasteiger partial charge >= 0.3 is 6.18 Å². The lowest BCUT2D eigenvalue weighted by Crippen LogP contribution is -2.26. The maximum absolute atomic E-state index is 12.8. The van der Waals surface area contributed by atoms with E-state index in [1.807, 2.05) is 25.1 Å². The highest BCUT2D eigenvalue weighted by Gasteiger charge is 2.32. The second-order valence-electron chi connectivity index (χ2n) is 9.02. The highest BCUT2D eigenvalue weighted by molar-refractivity contribution is 6.04. The summed E-state index contributed by atoms with van der Waals surface area (Å²) in [5.41, 5.74) is 3.72. The summed E-state index contributed by atoms with van der Waals surface area (Å²) in [7, 11) is 0. The van der Waals surface area contributed by atoms with Gasteiger partial charge in [-0.2, -0.15) is 13.2 Å². The van der Waals surface area contributed by atoms with Crippen molar-refractivity contribution >= 4 is 17.5 Å². The van der Waals surface area contributed by atoms with Crippen LogP contribution in [0.3, 0.4) is 0 Å². The Hall–Kier alpha value is -4.60. The Balaban J connectivity index is 1.37. The Morgan fingerprint density at radius 2 is 1.63 bits per heavy atom. The molecule has 0 saturated heterocycles. The van der Waals surface area contributed by atoms with Gasteiger partial charge in [0.25, 0.3) is 11.8 Å². The number of benzene rings is 1. The number of pyridine rings is 3. The van der Waals surface area contributed by atoms with Crippen molar-refractivity contribution in [3.05, 3.63) is 95.7 Å². The molecule has 0 aliphatic heterocycles. The third-order valence-corrected chi connectivity index (χ3v) is 6.08. The SMILES string of the molecule is Cc1ccc(NC(=O)c2ccc(C(F)(F)F)nc2)cc1-c1ccnc(-c2ccnc(C(=O)NC3CC3)c2)c1. The topological polar surface area (TPSA) is 96.9 Å². The van der Waals surface area contributed by atoms with Crippen molar-refractivity contribution in [2.24, 2.45) is 0 Å². The van der Waals surface area contributed by atoms with Crippen LogP contribution in [0.15, 0.2) is 73.2 Å².